The summed E-state index contributed by atoms with van der Waals surface area (Å²) in [6.07, 6.45) is 6.85. The van der Waals surface area contributed by atoms with Crippen molar-refractivity contribution in [2.75, 3.05) is 11.9 Å². The first-order valence-electron chi connectivity index (χ1n) is 9.35. The van der Waals surface area contributed by atoms with Crippen LogP contribution in [0, 0.1) is 5.82 Å². The summed E-state index contributed by atoms with van der Waals surface area (Å²) in [7, 11) is 0. The van der Waals surface area contributed by atoms with E-state index in [-0.39, 0.29) is 30.5 Å². The van der Waals surface area contributed by atoms with Crippen molar-refractivity contribution in [2.45, 2.75) is 37.9 Å². The molecule has 2 N–H and O–H groups in total. The highest BCUT2D eigenvalue weighted by atomic mass is 19.1. The molecule has 28 heavy (non-hydrogen) atoms. The number of hydrogen-bond acceptors (Lipinski definition) is 7. The smallest absolute Gasteiger partial charge is 0.298 e. The first-order chi connectivity index (χ1) is 13.7. The standard InChI is InChI=1S/C20H22FN5O2/c1-2-3-15(12-27)23-19-22-9-8-16(24-19)18-17(13-4-6-14(21)7-5-13)25-20-26(18)10-11-28-20/h4-11,15,17-18,27H,2-3,12H2,1H3,(H,22,23,24)/t15-,17?,18?/m0/s1. The van der Waals surface area contributed by atoms with Gasteiger partial charge in [-0.1, -0.05) is 25.5 Å². The Kier molecular flexibility index (Phi) is 5.21. The Bertz CT molecular complexity index is 886. The molecule has 0 radical (unpaired) electrons. The van der Waals surface area contributed by atoms with E-state index in [1.807, 2.05) is 17.2 Å². The van der Waals surface area contributed by atoms with Gasteiger partial charge in [0.25, 0.3) is 6.02 Å². The second kappa shape index (κ2) is 7.93. The zero-order valence-corrected chi connectivity index (χ0v) is 15.5. The van der Waals surface area contributed by atoms with Crippen molar-refractivity contribution in [2.24, 2.45) is 4.99 Å². The Hall–Kier alpha value is -3.00. The maximum Gasteiger partial charge on any atom is 0.298 e. The molecule has 0 aliphatic carbocycles. The molecule has 7 nitrogen and oxygen atoms in total. The molecular weight excluding hydrogens is 361 g/mol. The van der Waals surface area contributed by atoms with Crippen LogP contribution in [0.15, 0.2) is 54.0 Å². The molecule has 1 aromatic carbocycles. The van der Waals surface area contributed by atoms with Gasteiger partial charge in [0.2, 0.25) is 5.95 Å². The van der Waals surface area contributed by atoms with Crippen LogP contribution in [0.25, 0.3) is 0 Å². The Morgan fingerprint density at radius 2 is 2.11 bits per heavy atom. The predicted octanol–water partition coefficient (Wildman–Crippen LogP) is 3.14. The molecule has 2 aliphatic rings. The molecule has 0 spiro atoms. The number of anilines is 1. The summed E-state index contributed by atoms with van der Waals surface area (Å²) in [5.41, 5.74) is 1.63. The highest BCUT2D eigenvalue weighted by Gasteiger charge is 2.41. The number of halogens is 1. The van der Waals surface area contributed by atoms with E-state index in [0.717, 1.165) is 24.1 Å². The Morgan fingerprint density at radius 3 is 2.86 bits per heavy atom. The van der Waals surface area contributed by atoms with Crippen LogP contribution in [-0.2, 0) is 4.74 Å². The summed E-state index contributed by atoms with van der Waals surface area (Å²) < 4.78 is 18.8. The lowest BCUT2D eigenvalue weighted by atomic mass is 9.97. The molecule has 2 aromatic rings. The molecule has 0 bridgehead atoms. The fourth-order valence-electron chi connectivity index (χ4n) is 3.50. The number of aliphatic hydroxyl groups excluding tert-OH is 1. The zero-order chi connectivity index (χ0) is 19.5. The van der Waals surface area contributed by atoms with Crippen LogP contribution in [0.5, 0.6) is 0 Å². The van der Waals surface area contributed by atoms with Crippen LogP contribution in [0.1, 0.15) is 43.1 Å². The van der Waals surface area contributed by atoms with Gasteiger partial charge in [0, 0.05) is 12.4 Å². The third-order valence-electron chi connectivity index (χ3n) is 4.85. The average molecular weight is 383 g/mol. The normalized spacial score (nSPS) is 21.2. The molecule has 146 valence electrons. The monoisotopic (exact) mass is 383 g/mol. The largest absolute Gasteiger partial charge is 0.432 e. The van der Waals surface area contributed by atoms with Crippen molar-refractivity contribution in [3.05, 3.63) is 66.1 Å². The lowest BCUT2D eigenvalue weighted by Crippen LogP contribution is -2.27. The summed E-state index contributed by atoms with van der Waals surface area (Å²) in [6.45, 7) is 2.07. The molecule has 0 fully saturated rings. The number of fused-ring (bicyclic) bond motifs is 1. The third kappa shape index (κ3) is 3.55. The quantitative estimate of drug-likeness (QED) is 0.764. The van der Waals surface area contributed by atoms with Gasteiger partial charge in [-0.25, -0.2) is 19.4 Å². The van der Waals surface area contributed by atoms with Gasteiger partial charge in [-0.15, -0.1) is 0 Å². The number of aliphatic hydroxyl groups is 1. The Morgan fingerprint density at radius 1 is 1.29 bits per heavy atom. The van der Waals surface area contributed by atoms with E-state index in [1.54, 1.807) is 24.6 Å². The van der Waals surface area contributed by atoms with Crippen molar-refractivity contribution in [3.63, 3.8) is 0 Å². The van der Waals surface area contributed by atoms with Gasteiger partial charge in [-0.05, 0) is 30.2 Å². The fourth-order valence-corrected chi connectivity index (χ4v) is 3.50. The third-order valence-corrected chi connectivity index (χ3v) is 4.85. The molecule has 0 saturated heterocycles. The van der Waals surface area contributed by atoms with Crippen LogP contribution >= 0.6 is 0 Å². The van der Waals surface area contributed by atoms with Crippen LogP contribution in [0.2, 0.25) is 0 Å². The van der Waals surface area contributed by atoms with Gasteiger partial charge in [0.05, 0.1) is 18.3 Å². The molecule has 3 heterocycles. The van der Waals surface area contributed by atoms with E-state index in [2.05, 4.69) is 27.2 Å². The number of amidine groups is 1. The summed E-state index contributed by atoms with van der Waals surface area (Å²) in [5.74, 6) is 0.169. The summed E-state index contributed by atoms with van der Waals surface area (Å²) >= 11 is 0. The second-order valence-corrected chi connectivity index (χ2v) is 6.78. The van der Waals surface area contributed by atoms with E-state index >= 15 is 0 Å². The topological polar surface area (TPSA) is 82.9 Å². The van der Waals surface area contributed by atoms with E-state index in [1.165, 1.54) is 12.1 Å². The number of hydrogen-bond donors (Lipinski definition) is 2. The maximum absolute atomic E-state index is 13.4. The minimum Gasteiger partial charge on any atom is -0.432 e. The van der Waals surface area contributed by atoms with E-state index in [4.69, 9.17) is 4.74 Å². The molecule has 0 amide bonds. The lowest BCUT2D eigenvalue weighted by molar-refractivity contribution is 0.267. The minimum absolute atomic E-state index is 0.0129. The molecule has 8 heteroatoms. The Labute approximate surface area is 162 Å². The van der Waals surface area contributed by atoms with Crippen molar-refractivity contribution in [1.29, 1.82) is 0 Å². The summed E-state index contributed by atoms with van der Waals surface area (Å²) in [4.78, 5) is 15.5. The minimum atomic E-state index is -0.290. The van der Waals surface area contributed by atoms with Gasteiger partial charge < -0.3 is 15.2 Å². The summed E-state index contributed by atoms with van der Waals surface area (Å²) in [5, 5.41) is 12.7. The van der Waals surface area contributed by atoms with Gasteiger partial charge in [0.15, 0.2) is 0 Å². The SMILES string of the molecule is CCC[C@@H](CO)Nc1nccc(C2C(c3ccc(F)cc3)N=C3OC=CN32)n1. The van der Waals surface area contributed by atoms with E-state index in [9.17, 15) is 9.50 Å². The van der Waals surface area contributed by atoms with Gasteiger partial charge in [-0.3, -0.25) is 4.90 Å². The van der Waals surface area contributed by atoms with Gasteiger partial charge in [0.1, 0.15) is 24.2 Å². The number of aromatic nitrogens is 2. The van der Waals surface area contributed by atoms with Crippen LogP contribution in [0.3, 0.4) is 0 Å². The molecule has 2 unspecified atom stereocenters. The summed E-state index contributed by atoms with van der Waals surface area (Å²) in [6, 6.07) is 8.02. The van der Waals surface area contributed by atoms with Crippen LogP contribution in [-0.4, -0.2) is 38.6 Å². The number of nitrogens with one attached hydrogen (secondary N) is 1. The average Bonchev–Trinajstić information content (AvgIpc) is 3.29. The number of nitrogens with zero attached hydrogens (tertiary/aromatic N) is 4. The van der Waals surface area contributed by atoms with Crippen molar-refractivity contribution in [3.8, 4) is 0 Å². The first kappa shape index (κ1) is 18.4. The van der Waals surface area contributed by atoms with Crippen molar-refractivity contribution >= 4 is 12.0 Å². The number of benzene rings is 1. The molecule has 2 aliphatic heterocycles. The molecule has 0 saturated carbocycles. The molecular formula is C20H22FN5O2. The van der Waals surface area contributed by atoms with Gasteiger partial charge >= 0.3 is 0 Å². The molecule has 1 aromatic heterocycles. The lowest BCUT2D eigenvalue weighted by Gasteiger charge is -2.24. The van der Waals surface area contributed by atoms with Crippen molar-refractivity contribution < 1.29 is 14.2 Å². The molecule has 4 rings (SSSR count). The second-order valence-electron chi connectivity index (χ2n) is 6.78. The Balaban J connectivity index is 1.64. The van der Waals surface area contributed by atoms with E-state index < -0.39 is 0 Å². The predicted molar refractivity (Wildman–Crippen MR) is 103 cm³/mol. The highest BCUT2D eigenvalue weighted by Crippen LogP contribution is 2.43. The van der Waals surface area contributed by atoms with Gasteiger partial charge in [-0.2, -0.15) is 0 Å². The molecule has 3 atom stereocenters. The fraction of sp³-hybridized carbons (Fsp3) is 0.350. The van der Waals surface area contributed by atoms with Crippen LogP contribution in [0.4, 0.5) is 10.3 Å². The number of ether oxygens (including phenoxy) is 1. The van der Waals surface area contributed by atoms with E-state index in [0.29, 0.717) is 12.0 Å². The van der Waals surface area contributed by atoms with Crippen LogP contribution < -0.4 is 5.32 Å². The maximum atomic E-state index is 13.4. The van der Waals surface area contributed by atoms with Crippen molar-refractivity contribution in [1.82, 2.24) is 14.9 Å². The number of rotatable bonds is 7. The number of aliphatic imine (C=N–C) groups is 1. The zero-order valence-electron chi connectivity index (χ0n) is 15.5. The first-order valence-corrected chi connectivity index (χ1v) is 9.35. The highest BCUT2D eigenvalue weighted by molar-refractivity contribution is 5.80.